The topological polar surface area (TPSA) is 69.6 Å². The monoisotopic (exact) mass is 356 g/mol. The SMILES string of the molecule is C=CCN(CC=C)CC(=O)Nc1scc(-c2ccccc2)c1C(=O)O. The van der Waals surface area contributed by atoms with Gasteiger partial charge in [-0.2, -0.15) is 0 Å². The Morgan fingerprint density at radius 1 is 1.16 bits per heavy atom. The third kappa shape index (κ3) is 4.89. The van der Waals surface area contributed by atoms with Crippen LogP contribution in [0.3, 0.4) is 0 Å². The van der Waals surface area contributed by atoms with Crippen molar-refractivity contribution in [1.29, 1.82) is 0 Å². The van der Waals surface area contributed by atoms with Gasteiger partial charge in [-0.1, -0.05) is 42.5 Å². The summed E-state index contributed by atoms with van der Waals surface area (Å²) >= 11 is 1.21. The maximum Gasteiger partial charge on any atom is 0.339 e. The van der Waals surface area contributed by atoms with Crippen LogP contribution in [-0.4, -0.2) is 41.5 Å². The van der Waals surface area contributed by atoms with Gasteiger partial charge >= 0.3 is 5.97 Å². The van der Waals surface area contributed by atoms with Gasteiger partial charge in [-0.25, -0.2) is 4.79 Å². The molecule has 0 aliphatic rings. The molecule has 0 atom stereocenters. The lowest BCUT2D eigenvalue weighted by molar-refractivity contribution is -0.117. The molecule has 1 aromatic carbocycles. The maximum atomic E-state index is 12.3. The van der Waals surface area contributed by atoms with E-state index in [1.807, 2.05) is 35.2 Å². The summed E-state index contributed by atoms with van der Waals surface area (Å²) in [6.45, 7) is 8.56. The minimum absolute atomic E-state index is 0.114. The van der Waals surface area contributed by atoms with Crippen LogP contribution in [-0.2, 0) is 4.79 Å². The van der Waals surface area contributed by atoms with E-state index in [4.69, 9.17) is 0 Å². The highest BCUT2D eigenvalue weighted by atomic mass is 32.1. The van der Waals surface area contributed by atoms with Crippen LogP contribution in [0.1, 0.15) is 10.4 Å². The quantitative estimate of drug-likeness (QED) is 0.672. The number of benzene rings is 1. The van der Waals surface area contributed by atoms with Gasteiger partial charge in [-0.05, 0) is 5.56 Å². The highest BCUT2D eigenvalue weighted by Crippen LogP contribution is 2.35. The van der Waals surface area contributed by atoms with Crippen LogP contribution in [0.4, 0.5) is 5.00 Å². The average Bonchev–Trinajstić information content (AvgIpc) is 2.99. The molecule has 0 aliphatic carbocycles. The normalized spacial score (nSPS) is 10.4. The van der Waals surface area contributed by atoms with Crippen molar-refractivity contribution in [1.82, 2.24) is 4.90 Å². The number of rotatable bonds is 9. The van der Waals surface area contributed by atoms with E-state index in [1.54, 1.807) is 17.5 Å². The predicted molar refractivity (Wildman–Crippen MR) is 102 cm³/mol. The van der Waals surface area contributed by atoms with E-state index < -0.39 is 5.97 Å². The van der Waals surface area contributed by atoms with E-state index >= 15 is 0 Å². The van der Waals surface area contributed by atoms with Crippen molar-refractivity contribution in [2.45, 2.75) is 0 Å². The number of amides is 1. The molecule has 5 nitrogen and oxygen atoms in total. The summed E-state index contributed by atoms with van der Waals surface area (Å²) in [5.74, 6) is -1.34. The van der Waals surface area contributed by atoms with Crippen LogP contribution in [0.2, 0.25) is 0 Å². The van der Waals surface area contributed by atoms with E-state index in [1.165, 1.54) is 11.3 Å². The molecule has 0 saturated heterocycles. The average molecular weight is 356 g/mol. The zero-order chi connectivity index (χ0) is 18.2. The summed E-state index contributed by atoms with van der Waals surface area (Å²) < 4.78 is 0. The Bertz CT molecular complexity index is 758. The molecule has 0 spiro atoms. The molecule has 0 bridgehead atoms. The molecule has 25 heavy (non-hydrogen) atoms. The number of anilines is 1. The maximum absolute atomic E-state index is 12.3. The Hall–Kier alpha value is -2.70. The van der Waals surface area contributed by atoms with Crippen molar-refractivity contribution in [3.05, 3.63) is 66.6 Å². The fourth-order valence-corrected chi connectivity index (χ4v) is 3.41. The molecular weight excluding hydrogens is 336 g/mol. The molecule has 1 amide bonds. The first-order chi connectivity index (χ1) is 12.1. The molecule has 6 heteroatoms. The molecule has 130 valence electrons. The number of nitrogens with one attached hydrogen (secondary N) is 1. The van der Waals surface area contributed by atoms with Gasteiger partial charge in [0.2, 0.25) is 5.91 Å². The van der Waals surface area contributed by atoms with Gasteiger partial charge in [0.15, 0.2) is 0 Å². The van der Waals surface area contributed by atoms with Crippen LogP contribution in [0.5, 0.6) is 0 Å². The van der Waals surface area contributed by atoms with Crippen LogP contribution in [0.15, 0.2) is 61.0 Å². The van der Waals surface area contributed by atoms with Gasteiger partial charge in [-0.15, -0.1) is 24.5 Å². The molecule has 0 unspecified atom stereocenters. The van der Waals surface area contributed by atoms with Crippen LogP contribution in [0, 0.1) is 0 Å². The first kappa shape index (κ1) is 18.6. The number of carboxylic acids is 1. The lowest BCUT2D eigenvalue weighted by Crippen LogP contribution is -2.33. The number of hydrogen-bond acceptors (Lipinski definition) is 4. The third-order valence-electron chi connectivity index (χ3n) is 3.48. The molecule has 2 aromatic rings. The van der Waals surface area contributed by atoms with E-state index in [2.05, 4.69) is 18.5 Å². The molecule has 0 saturated carbocycles. The number of carboxylic acid groups (broad SMARTS) is 1. The second kappa shape index (κ2) is 8.96. The zero-order valence-corrected chi connectivity index (χ0v) is 14.6. The molecule has 1 aromatic heterocycles. The fraction of sp³-hybridized carbons (Fsp3) is 0.158. The minimum atomic E-state index is -1.07. The van der Waals surface area contributed by atoms with Crippen LogP contribution >= 0.6 is 11.3 Å². The zero-order valence-electron chi connectivity index (χ0n) is 13.8. The second-order valence-electron chi connectivity index (χ2n) is 5.34. The van der Waals surface area contributed by atoms with Crippen molar-refractivity contribution >= 4 is 28.2 Å². The van der Waals surface area contributed by atoms with Gasteiger partial charge in [-0.3, -0.25) is 9.69 Å². The largest absolute Gasteiger partial charge is 0.478 e. The first-order valence-electron chi connectivity index (χ1n) is 7.71. The molecule has 2 rings (SSSR count). The molecule has 2 N–H and O–H groups in total. The highest BCUT2D eigenvalue weighted by molar-refractivity contribution is 7.15. The summed E-state index contributed by atoms with van der Waals surface area (Å²) in [7, 11) is 0. The van der Waals surface area contributed by atoms with Crippen LogP contribution in [0.25, 0.3) is 11.1 Å². The summed E-state index contributed by atoms with van der Waals surface area (Å²) in [6.07, 6.45) is 3.41. The molecular formula is C19H20N2O3S. The van der Waals surface area contributed by atoms with Crippen molar-refractivity contribution in [2.24, 2.45) is 0 Å². The highest BCUT2D eigenvalue weighted by Gasteiger charge is 2.21. The van der Waals surface area contributed by atoms with E-state index in [0.29, 0.717) is 23.7 Å². The van der Waals surface area contributed by atoms with Crippen LogP contribution < -0.4 is 5.32 Å². The number of nitrogens with zero attached hydrogens (tertiary/aromatic N) is 1. The van der Waals surface area contributed by atoms with E-state index in [9.17, 15) is 14.7 Å². The first-order valence-corrected chi connectivity index (χ1v) is 8.59. The number of aromatic carboxylic acids is 1. The number of hydrogen-bond donors (Lipinski definition) is 2. The lowest BCUT2D eigenvalue weighted by Gasteiger charge is -2.17. The Kier molecular flexibility index (Phi) is 6.68. The van der Waals surface area contributed by atoms with Gasteiger partial charge in [0.1, 0.15) is 10.6 Å². The van der Waals surface area contributed by atoms with Crippen molar-refractivity contribution < 1.29 is 14.7 Å². The Morgan fingerprint density at radius 3 is 2.36 bits per heavy atom. The standard InChI is InChI=1S/C19H20N2O3S/c1-3-10-21(11-4-2)12-16(22)20-18-17(19(23)24)15(13-25-18)14-8-6-5-7-9-14/h3-9,13H,1-2,10-12H2,(H,20,22)(H,23,24). The summed E-state index contributed by atoms with van der Waals surface area (Å²) in [5.41, 5.74) is 1.52. The van der Waals surface area contributed by atoms with E-state index in [0.717, 1.165) is 5.56 Å². The Morgan fingerprint density at radius 2 is 1.80 bits per heavy atom. The van der Waals surface area contributed by atoms with Gasteiger partial charge < -0.3 is 10.4 Å². The second-order valence-corrected chi connectivity index (χ2v) is 6.22. The number of carbonyl (C=O) groups excluding carboxylic acids is 1. The summed E-state index contributed by atoms with van der Waals surface area (Å²) in [6, 6.07) is 9.25. The Labute approximate surface area is 150 Å². The molecule has 0 aliphatic heterocycles. The van der Waals surface area contributed by atoms with Crippen molar-refractivity contribution in [3.63, 3.8) is 0 Å². The van der Waals surface area contributed by atoms with Gasteiger partial charge in [0.25, 0.3) is 0 Å². The smallest absolute Gasteiger partial charge is 0.339 e. The van der Waals surface area contributed by atoms with Gasteiger partial charge in [0, 0.05) is 24.0 Å². The number of thiophene rings is 1. The third-order valence-corrected chi connectivity index (χ3v) is 4.38. The molecule has 1 heterocycles. The molecule has 0 fully saturated rings. The van der Waals surface area contributed by atoms with Gasteiger partial charge in [0.05, 0.1) is 6.54 Å². The molecule has 0 radical (unpaired) electrons. The fourth-order valence-electron chi connectivity index (χ4n) is 2.43. The predicted octanol–water partition coefficient (Wildman–Crippen LogP) is 3.73. The lowest BCUT2D eigenvalue weighted by atomic mass is 10.0. The Balaban J connectivity index is 2.21. The summed E-state index contributed by atoms with van der Waals surface area (Å²) in [4.78, 5) is 25.8. The van der Waals surface area contributed by atoms with E-state index in [-0.39, 0.29) is 18.0 Å². The number of carbonyl (C=O) groups is 2. The summed E-state index contributed by atoms with van der Waals surface area (Å²) in [5, 5.41) is 14.4. The van der Waals surface area contributed by atoms with Crippen molar-refractivity contribution in [3.8, 4) is 11.1 Å². The minimum Gasteiger partial charge on any atom is -0.478 e. The van der Waals surface area contributed by atoms with Crippen molar-refractivity contribution in [2.75, 3.05) is 25.0 Å².